The second-order valence-electron chi connectivity index (χ2n) is 4.18. The number of hydrogen-bond donors (Lipinski definition) is 1. The van der Waals surface area contributed by atoms with Gasteiger partial charge in [-0.15, -0.1) is 0 Å². The summed E-state index contributed by atoms with van der Waals surface area (Å²) in [6, 6.07) is 4.27. The van der Waals surface area contributed by atoms with Gasteiger partial charge in [0.05, 0.1) is 10.5 Å². The number of rotatable bonds is 1. The van der Waals surface area contributed by atoms with E-state index in [9.17, 15) is 9.18 Å². The first-order chi connectivity index (χ1) is 8.15. The first kappa shape index (κ1) is 10.6. The molecule has 1 saturated heterocycles. The molecule has 1 aromatic heterocycles. The quantitative estimate of drug-likeness (QED) is 0.832. The van der Waals surface area contributed by atoms with Gasteiger partial charge in [0.25, 0.3) is 5.91 Å². The number of halogens is 2. The van der Waals surface area contributed by atoms with Crippen LogP contribution in [0, 0.1) is 5.82 Å². The zero-order chi connectivity index (χ0) is 12.0. The Kier molecular flexibility index (Phi) is 2.33. The number of nitrogens with one attached hydrogen (secondary N) is 1. The molecular formula is C12H10ClFN2O. The molecule has 0 atom stereocenters. The Hall–Kier alpha value is -1.55. The smallest absolute Gasteiger partial charge is 0.270 e. The van der Waals surface area contributed by atoms with Crippen molar-refractivity contribution in [2.75, 3.05) is 13.1 Å². The predicted octanol–water partition coefficient (Wildman–Crippen LogP) is 2.81. The van der Waals surface area contributed by atoms with Crippen LogP contribution >= 0.6 is 11.6 Å². The van der Waals surface area contributed by atoms with Gasteiger partial charge in [0, 0.05) is 18.5 Å². The number of aromatic amines is 1. The topological polar surface area (TPSA) is 36.1 Å². The molecule has 17 heavy (non-hydrogen) atoms. The SMILES string of the molecule is O=C(c1cc2c(Cl)cc(F)cc2[nH]1)N1CCC1. The second-order valence-corrected chi connectivity index (χ2v) is 4.58. The Balaban J connectivity index is 2.06. The number of fused-ring (bicyclic) bond motifs is 1. The van der Waals surface area contributed by atoms with E-state index in [1.165, 1.54) is 12.1 Å². The minimum absolute atomic E-state index is 0.0519. The van der Waals surface area contributed by atoms with Crippen LogP contribution in [0.2, 0.25) is 5.02 Å². The standard InChI is InChI=1S/C12H10ClFN2O/c13-9-4-7(14)5-10-8(9)6-11(15-10)12(17)16-2-1-3-16/h4-6,15H,1-3H2. The maximum atomic E-state index is 13.1. The highest BCUT2D eigenvalue weighted by Crippen LogP contribution is 2.26. The molecule has 2 heterocycles. The molecule has 1 aromatic carbocycles. The summed E-state index contributed by atoms with van der Waals surface area (Å²) in [5.74, 6) is -0.462. The lowest BCUT2D eigenvalue weighted by Gasteiger charge is -2.30. The number of H-pyrrole nitrogens is 1. The van der Waals surface area contributed by atoms with Gasteiger partial charge in [-0.3, -0.25) is 4.79 Å². The number of carbonyl (C=O) groups excluding carboxylic acids is 1. The highest BCUT2D eigenvalue weighted by Gasteiger charge is 2.23. The van der Waals surface area contributed by atoms with Gasteiger partial charge in [-0.05, 0) is 24.6 Å². The minimum atomic E-state index is -0.410. The summed E-state index contributed by atoms with van der Waals surface area (Å²) >= 11 is 5.92. The van der Waals surface area contributed by atoms with E-state index < -0.39 is 5.82 Å². The van der Waals surface area contributed by atoms with E-state index in [1.807, 2.05) is 0 Å². The first-order valence-electron chi connectivity index (χ1n) is 5.42. The van der Waals surface area contributed by atoms with Gasteiger partial charge in [0.15, 0.2) is 0 Å². The lowest BCUT2D eigenvalue weighted by atomic mass is 10.2. The highest BCUT2D eigenvalue weighted by atomic mass is 35.5. The predicted molar refractivity (Wildman–Crippen MR) is 63.8 cm³/mol. The molecule has 0 aliphatic carbocycles. The number of aromatic nitrogens is 1. The Bertz CT molecular complexity index is 604. The molecule has 0 unspecified atom stereocenters. The monoisotopic (exact) mass is 252 g/mol. The molecule has 2 aromatic rings. The van der Waals surface area contributed by atoms with Crippen molar-refractivity contribution in [1.29, 1.82) is 0 Å². The number of amides is 1. The van der Waals surface area contributed by atoms with E-state index in [2.05, 4.69) is 4.98 Å². The summed E-state index contributed by atoms with van der Waals surface area (Å²) in [6.45, 7) is 1.58. The molecule has 0 spiro atoms. The highest BCUT2D eigenvalue weighted by molar-refractivity contribution is 6.35. The van der Waals surface area contributed by atoms with Crippen molar-refractivity contribution in [1.82, 2.24) is 9.88 Å². The summed E-state index contributed by atoms with van der Waals surface area (Å²) in [5.41, 5.74) is 1.02. The van der Waals surface area contributed by atoms with Crippen LogP contribution in [-0.4, -0.2) is 28.9 Å². The molecule has 0 saturated carbocycles. The fourth-order valence-electron chi connectivity index (χ4n) is 1.97. The molecule has 1 aliphatic heterocycles. The zero-order valence-electron chi connectivity index (χ0n) is 8.96. The van der Waals surface area contributed by atoms with E-state index in [1.54, 1.807) is 11.0 Å². The average Bonchev–Trinajstić information content (AvgIpc) is 2.58. The van der Waals surface area contributed by atoms with Gasteiger partial charge in [-0.2, -0.15) is 0 Å². The Morgan fingerprint density at radius 1 is 1.35 bits per heavy atom. The molecule has 1 amide bonds. The van der Waals surface area contributed by atoms with Crippen molar-refractivity contribution in [2.24, 2.45) is 0 Å². The Labute approximate surface area is 102 Å². The van der Waals surface area contributed by atoms with E-state index in [0.717, 1.165) is 19.5 Å². The van der Waals surface area contributed by atoms with Crippen molar-refractivity contribution in [2.45, 2.75) is 6.42 Å². The van der Waals surface area contributed by atoms with E-state index in [-0.39, 0.29) is 5.91 Å². The van der Waals surface area contributed by atoms with E-state index in [4.69, 9.17) is 11.6 Å². The van der Waals surface area contributed by atoms with E-state index >= 15 is 0 Å². The lowest BCUT2D eigenvalue weighted by Crippen LogP contribution is -2.42. The molecule has 5 heteroatoms. The molecule has 3 nitrogen and oxygen atoms in total. The molecule has 3 rings (SSSR count). The molecular weight excluding hydrogens is 243 g/mol. The third kappa shape index (κ3) is 1.69. The Morgan fingerprint density at radius 3 is 2.76 bits per heavy atom. The molecule has 0 bridgehead atoms. The molecule has 1 N–H and O–H groups in total. The number of hydrogen-bond acceptors (Lipinski definition) is 1. The van der Waals surface area contributed by atoms with Gasteiger partial charge in [0.2, 0.25) is 0 Å². The average molecular weight is 253 g/mol. The fraction of sp³-hybridized carbons (Fsp3) is 0.250. The van der Waals surface area contributed by atoms with Crippen molar-refractivity contribution < 1.29 is 9.18 Å². The van der Waals surface area contributed by atoms with Crippen LogP contribution in [0.15, 0.2) is 18.2 Å². The molecule has 1 fully saturated rings. The lowest BCUT2D eigenvalue weighted by molar-refractivity contribution is 0.0646. The minimum Gasteiger partial charge on any atom is -0.350 e. The van der Waals surface area contributed by atoms with Crippen LogP contribution in [0.25, 0.3) is 10.9 Å². The van der Waals surface area contributed by atoms with Crippen LogP contribution in [0.3, 0.4) is 0 Å². The third-order valence-corrected chi connectivity index (χ3v) is 3.34. The summed E-state index contributed by atoms with van der Waals surface area (Å²) < 4.78 is 13.1. The normalized spacial score (nSPS) is 15.1. The summed E-state index contributed by atoms with van der Waals surface area (Å²) in [4.78, 5) is 16.6. The van der Waals surface area contributed by atoms with Gasteiger partial charge in [-0.1, -0.05) is 11.6 Å². The van der Waals surface area contributed by atoms with Crippen molar-refractivity contribution in [3.63, 3.8) is 0 Å². The Morgan fingerprint density at radius 2 is 2.12 bits per heavy atom. The van der Waals surface area contributed by atoms with Gasteiger partial charge < -0.3 is 9.88 Å². The van der Waals surface area contributed by atoms with Crippen LogP contribution < -0.4 is 0 Å². The first-order valence-corrected chi connectivity index (χ1v) is 5.80. The van der Waals surface area contributed by atoms with Crippen LogP contribution in [0.4, 0.5) is 4.39 Å². The second kappa shape index (κ2) is 3.74. The number of nitrogens with zero attached hydrogens (tertiary/aromatic N) is 1. The molecule has 88 valence electrons. The largest absolute Gasteiger partial charge is 0.350 e. The van der Waals surface area contributed by atoms with E-state index in [0.29, 0.717) is 21.6 Å². The van der Waals surface area contributed by atoms with Crippen LogP contribution in [0.1, 0.15) is 16.9 Å². The number of carbonyl (C=O) groups is 1. The van der Waals surface area contributed by atoms with Gasteiger partial charge >= 0.3 is 0 Å². The number of likely N-dealkylation sites (tertiary alicyclic amines) is 1. The third-order valence-electron chi connectivity index (χ3n) is 3.03. The van der Waals surface area contributed by atoms with Gasteiger partial charge in [0.1, 0.15) is 11.5 Å². The maximum absolute atomic E-state index is 13.1. The zero-order valence-corrected chi connectivity index (χ0v) is 9.72. The number of benzene rings is 1. The summed E-state index contributed by atoms with van der Waals surface area (Å²) in [5, 5.41) is 0.996. The van der Waals surface area contributed by atoms with Crippen LogP contribution in [-0.2, 0) is 0 Å². The fourth-order valence-corrected chi connectivity index (χ4v) is 2.23. The maximum Gasteiger partial charge on any atom is 0.270 e. The molecule has 1 aliphatic rings. The summed E-state index contributed by atoms with van der Waals surface area (Å²) in [6.07, 6.45) is 1.04. The van der Waals surface area contributed by atoms with Crippen molar-refractivity contribution >= 4 is 28.4 Å². The molecule has 0 radical (unpaired) electrons. The van der Waals surface area contributed by atoms with Crippen molar-refractivity contribution in [3.8, 4) is 0 Å². The van der Waals surface area contributed by atoms with Gasteiger partial charge in [-0.25, -0.2) is 4.39 Å². The summed E-state index contributed by atoms with van der Waals surface area (Å²) in [7, 11) is 0. The van der Waals surface area contributed by atoms with Crippen LogP contribution in [0.5, 0.6) is 0 Å². The van der Waals surface area contributed by atoms with Crippen molar-refractivity contribution in [3.05, 3.63) is 34.7 Å².